The molecule has 0 bridgehead atoms. The van der Waals surface area contributed by atoms with E-state index >= 15 is 0 Å². The molecule has 2 aromatic rings. The van der Waals surface area contributed by atoms with Gasteiger partial charge in [-0.2, -0.15) is 0 Å². The molecule has 0 amide bonds. The summed E-state index contributed by atoms with van der Waals surface area (Å²) in [5.74, 6) is 0.558. The molecule has 0 spiro atoms. The lowest BCUT2D eigenvalue weighted by atomic mass is 10.2. The van der Waals surface area contributed by atoms with Crippen LogP contribution in [0.25, 0.3) is 10.9 Å². The van der Waals surface area contributed by atoms with E-state index in [4.69, 9.17) is 5.11 Å². The Kier molecular flexibility index (Phi) is 3.96. The maximum absolute atomic E-state index is 12.2. The molecule has 0 aliphatic heterocycles. The standard InChI is InChI=1S/C11H10Br2N2O2/c12-9(13)10-14-8-4-2-1-3-7(8)11(17)15(10)5-6-16/h1-4,9,16H,5-6H2. The Balaban J connectivity index is 2.79. The van der Waals surface area contributed by atoms with Crippen molar-refractivity contribution in [3.05, 3.63) is 40.4 Å². The van der Waals surface area contributed by atoms with Gasteiger partial charge in [0.15, 0.2) is 0 Å². The van der Waals surface area contributed by atoms with Crippen molar-refractivity contribution in [2.45, 2.75) is 10.3 Å². The molecule has 0 radical (unpaired) electrons. The van der Waals surface area contributed by atoms with Crippen molar-refractivity contribution in [3.63, 3.8) is 0 Å². The monoisotopic (exact) mass is 360 g/mol. The van der Waals surface area contributed by atoms with Crippen molar-refractivity contribution in [1.82, 2.24) is 9.55 Å². The number of aromatic nitrogens is 2. The number of aliphatic hydroxyl groups excluding tert-OH is 1. The molecule has 90 valence electrons. The first kappa shape index (κ1) is 12.7. The number of para-hydroxylation sites is 1. The van der Waals surface area contributed by atoms with Crippen molar-refractivity contribution < 1.29 is 5.11 Å². The predicted octanol–water partition coefficient (Wildman–Crippen LogP) is 2.18. The molecule has 0 aliphatic rings. The van der Waals surface area contributed by atoms with Gasteiger partial charge in [0, 0.05) is 0 Å². The van der Waals surface area contributed by atoms with Crippen molar-refractivity contribution in [3.8, 4) is 0 Å². The Labute approximate surface area is 115 Å². The van der Waals surface area contributed by atoms with Gasteiger partial charge in [-0.05, 0) is 12.1 Å². The number of fused-ring (bicyclic) bond motifs is 1. The van der Waals surface area contributed by atoms with Crippen molar-refractivity contribution in [1.29, 1.82) is 0 Å². The molecule has 1 N–H and O–H groups in total. The normalized spacial score (nSPS) is 11.3. The summed E-state index contributed by atoms with van der Waals surface area (Å²) in [4.78, 5) is 16.6. The van der Waals surface area contributed by atoms with E-state index in [-0.39, 0.29) is 22.4 Å². The lowest BCUT2D eigenvalue weighted by Gasteiger charge is -2.12. The quantitative estimate of drug-likeness (QED) is 0.852. The lowest BCUT2D eigenvalue weighted by molar-refractivity contribution is 0.272. The Morgan fingerprint density at radius 3 is 2.71 bits per heavy atom. The predicted molar refractivity (Wildman–Crippen MR) is 73.7 cm³/mol. The van der Waals surface area contributed by atoms with Gasteiger partial charge in [0.2, 0.25) is 0 Å². The highest BCUT2D eigenvalue weighted by Crippen LogP contribution is 2.27. The Morgan fingerprint density at radius 2 is 2.06 bits per heavy atom. The molecule has 0 saturated heterocycles. The van der Waals surface area contributed by atoms with E-state index in [1.165, 1.54) is 4.57 Å². The zero-order valence-corrected chi connectivity index (χ0v) is 12.0. The largest absolute Gasteiger partial charge is 0.395 e. The van der Waals surface area contributed by atoms with Gasteiger partial charge in [0.25, 0.3) is 5.56 Å². The first-order chi connectivity index (χ1) is 8.15. The number of hydrogen-bond acceptors (Lipinski definition) is 3. The maximum atomic E-state index is 12.2. The second-order valence-electron chi connectivity index (χ2n) is 3.47. The maximum Gasteiger partial charge on any atom is 0.261 e. The van der Waals surface area contributed by atoms with Gasteiger partial charge in [-0.15, -0.1) is 0 Å². The molecule has 0 saturated carbocycles. The summed E-state index contributed by atoms with van der Waals surface area (Å²) in [5.41, 5.74) is 0.522. The zero-order valence-electron chi connectivity index (χ0n) is 8.81. The Morgan fingerprint density at radius 1 is 1.35 bits per heavy atom. The third-order valence-electron chi connectivity index (χ3n) is 2.41. The molecule has 1 aromatic heterocycles. The third kappa shape index (κ3) is 2.43. The van der Waals surface area contributed by atoms with E-state index in [1.807, 2.05) is 6.07 Å². The van der Waals surface area contributed by atoms with E-state index in [1.54, 1.807) is 18.2 Å². The highest BCUT2D eigenvalue weighted by Gasteiger charge is 2.14. The van der Waals surface area contributed by atoms with Crippen molar-refractivity contribution in [2.24, 2.45) is 0 Å². The first-order valence-electron chi connectivity index (χ1n) is 5.03. The second-order valence-corrected chi connectivity index (χ2v) is 6.53. The van der Waals surface area contributed by atoms with Crippen LogP contribution in [-0.2, 0) is 6.54 Å². The summed E-state index contributed by atoms with van der Waals surface area (Å²) in [6.07, 6.45) is 0. The molecule has 2 rings (SSSR count). The van der Waals surface area contributed by atoms with E-state index in [9.17, 15) is 4.79 Å². The van der Waals surface area contributed by atoms with Crippen molar-refractivity contribution >= 4 is 42.8 Å². The molecule has 0 unspecified atom stereocenters. The third-order valence-corrected chi connectivity index (χ3v) is 3.23. The van der Waals surface area contributed by atoms with Gasteiger partial charge in [0.05, 0.1) is 24.1 Å². The van der Waals surface area contributed by atoms with Crippen LogP contribution in [0.1, 0.15) is 9.56 Å². The SMILES string of the molecule is O=c1c2ccccc2nc(C(Br)Br)n1CCO. The molecular weight excluding hydrogens is 352 g/mol. The summed E-state index contributed by atoms with van der Waals surface area (Å²) in [6, 6.07) is 7.17. The number of benzene rings is 1. The fourth-order valence-electron chi connectivity index (χ4n) is 1.67. The summed E-state index contributed by atoms with van der Waals surface area (Å²) in [6.45, 7) is 0.138. The van der Waals surface area contributed by atoms with Crippen molar-refractivity contribution in [2.75, 3.05) is 6.61 Å². The minimum atomic E-state index is -0.223. The zero-order chi connectivity index (χ0) is 12.4. The lowest BCUT2D eigenvalue weighted by Crippen LogP contribution is -2.26. The van der Waals surface area contributed by atoms with Crippen LogP contribution in [0.2, 0.25) is 0 Å². The van der Waals surface area contributed by atoms with E-state index < -0.39 is 0 Å². The minimum absolute atomic E-state index is 0.0976. The van der Waals surface area contributed by atoms with Gasteiger partial charge >= 0.3 is 0 Å². The molecule has 17 heavy (non-hydrogen) atoms. The molecule has 6 heteroatoms. The fraction of sp³-hybridized carbons (Fsp3) is 0.273. The van der Waals surface area contributed by atoms with Crippen LogP contribution in [-0.4, -0.2) is 21.3 Å². The number of alkyl halides is 2. The van der Waals surface area contributed by atoms with Gasteiger partial charge in [0.1, 0.15) is 9.56 Å². The van der Waals surface area contributed by atoms with Gasteiger partial charge in [-0.3, -0.25) is 9.36 Å². The van der Waals surface area contributed by atoms with Crippen LogP contribution >= 0.6 is 31.9 Å². The Hall–Kier alpha value is -0.720. The highest BCUT2D eigenvalue weighted by molar-refractivity contribution is 9.24. The number of halogens is 2. The van der Waals surface area contributed by atoms with Gasteiger partial charge in [-0.1, -0.05) is 44.0 Å². The topological polar surface area (TPSA) is 55.1 Å². The molecule has 0 atom stereocenters. The van der Waals surface area contributed by atoms with Crippen LogP contribution in [0, 0.1) is 0 Å². The molecule has 1 heterocycles. The summed E-state index contributed by atoms with van der Waals surface area (Å²) < 4.78 is 1.25. The second kappa shape index (κ2) is 5.29. The highest BCUT2D eigenvalue weighted by atomic mass is 79.9. The van der Waals surface area contributed by atoms with E-state index in [0.717, 1.165) is 0 Å². The molecule has 4 nitrogen and oxygen atoms in total. The number of hydrogen-bond donors (Lipinski definition) is 1. The molecular formula is C11H10Br2N2O2. The first-order valence-corrected chi connectivity index (χ1v) is 6.86. The van der Waals surface area contributed by atoms with Gasteiger partial charge < -0.3 is 5.11 Å². The van der Waals surface area contributed by atoms with Crippen LogP contribution in [0.15, 0.2) is 29.1 Å². The number of rotatable bonds is 3. The average molecular weight is 362 g/mol. The fourth-order valence-corrected chi connectivity index (χ4v) is 2.37. The number of nitrogens with zero attached hydrogens (tertiary/aromatic N) is 2. The smallest absolute Gasteiger partial charge is 0.261 e. The van der Waals surface area contributed by atoms with E-state index in [2.05, 4.69) is 36.8 Å². The minimum Gasteiger partial charge on any atom is -0.395 e. The van der Waals surface area contributed by atoms with Crippen LogP contribution in [0.3, 0.4) is 0 Å². The Bertz CT molecular complexity index is 596. The van der Waals surface area contributed by atoms with E-state index in [0.29, 0.717) is 16.7 Å². The van der Waals surface area contributed by atoms with Gasteiger partial charge in [-0.25, -0.2) is 4.98 Å². The van der Waals surface area contributed by atoms with Crippen LogP contribution < -0.4 is 5.56 Å². The summed E-state index contributed by atoms with van der Waals surface area (Å²) in [5, 5.41) is 9.56. The molecule has 0 aliphatic carbocycles. The number of aliphatic hydroxyl groups is 1. The average Bonchev–Trinajstić information content (AvgIpc) is 2.32. The molecule has 0 fully saturated rings. The summed E-state index contributed by atoms with van der Waals surface area (Å²) in [7, 11) is 0. The molecule has 1 aromatic carbocycles. The van der Waals surface area contributed by atoms with Crippen LogP contribution in [0.4, 0.5) is 0 Å². The summed E-state index contributed by atoms with van der Waals surface area (Å²) >= 11 is 6.67. The van der Waals surface area contributed by atoms with Crippen LogP contribution in [0.5, 0.6) is 0 Å².